The highest BCUT2D eigenvalue weighted by atomic mass is 16.5. The number of aryl methyl sites for hydroxylation is 2. The van der Waals surface area contributed by atoms with E-state index in [4.69, 9.17) is 4.52 Å². The molecule has 0 aliphatic carbocycles. The Hall–Kier alpha value is -2.63. The van der Waals surface area contributed by atoms with Gasteiger partial charge in [0.2, 0.25) is 11.8 Å². The van der Waals surface area contributed by atoms with Gasteiger partial charge in [0.15, 0.2) is 5.82 Å². The molecule has 3 aromatic rings. The van der Waals surface area contributed by atoms with Gasteiger partial charge >= 0.3 is 0 Å². The zero-order valence-electron chi connectivity index (χ0n) is 14.6. The van der Waals surface area contributed by atoms with E-state index in [1.54, 1.807) is 0 Å². The number of nitrogens with zero attached hydrogens (tertiary/aromatic N) is 3. The monoisotopic (exact) mass is 338 g/mol. The number of aromatic amines is 1. The maximum Gasteiger partial charge on any atom is 0.227 e. The Kier molecular flexibility index (Phi) is 4.03. The number of fused-ring (bicyclic) bond motifs is 1. The summed E-state index contributed by atoms with van der Waals surface area (Å²) in [6.45, 7) is 4.80. The molecule has 6 heteroatoms. The molecule has 1 aliphatic heterocycles. The van der Waals surface area contributed by atoms with Crippen molar-refractivity contribution in [2.45, 2.75) is 45.6 Å². The third-order valence-electron chi connectivity index (χ3n) is 5.01. The number of likely N-dealkylation sites (tertiary alicyclic amines) is 1. The Labute approximate surface area is 146 Å². The summed E-state index contributed by atoms with van der Waals surface area (Å²) in [4.78, 5) is 22.5. The Morgan fingerprint density at radius 1 is 1.44 bits per heavy atom. The molecule has 130 valence electrons. The lowest BCUT2D eigenvalue weighted by atomic mass is 10.1. The Balaban J connectivity index is 1.56. The number of amides is 1. The lowest BCUT2D eigenvalue weighted by Crippen LogP contribution is -2.32. The highest BCUT2D eigenvalue weighted by Gasteiger charge is 2.33. The summed E-state index contributed by atoms with van der Waals surface area (Å²) in [7, 11) is 0. The summed E-state index contributed by atoms with van der Waals surface area (Å²) in [6.07, 6.45) is 4.91. The largest absolute Gasteiger partial charge is 0.361 e. The van der Waals surface area contributed by atoms with Crippen LogP contribution in [0.1, 0.15) is 48.6 Å². The van der Waals surface area contributed by atoms with Crippen LogP contribution in [-0.4, -0.2) is 32.5 Å². The third-order valence-corrected chi connectivity index (χ3v) is 5.01. The number of carbonyl (C=O) groups excluding carboxylic acids is 1. The lowest BCUT2D eigenvalue weighted by molar-refractivity contribution is -0.131. The van der Waals surface area contributed by atoms with E-state index in [0.29, 0.717) is 24.6 Å². The van der Waals surface area contributed by atoms with Crippen LogP contribution in [0.15, 0.2) is 28.9 Å². The molecule has 1 N–H and O–H groups in total. The van der Waals surface area contributed by atoms with E-state index in [1.165, 1.54) is 5.56 Å². The Morgan fingerprint density at radius 2 is 2.32 bits per heavy atom. The van der Waals surface area contributed by atoms with Gasteiger partial charge < -0.3 is 14.4 Å². The average Bonchev–Trinajstić information content (AvgIpc) is 3.34. The second kappa shape index (κ2) is 6.35. The predicted octanol–water partition coefficient (Wildman–Crippen LogP) is 3.33. The molecule has 1 amide bonds. The van der Waals surface area contributed by atoms with Crippen molar-refractivity contribution in [3.8, 4) is 0 Å². The van der Waals surface area contributed by atoms with Crippen molar-refractivity contribution in [3.63, 3.8) is 0 Å². The van der Waals surface area contributed by atoms with E-state index < -0.39 is 0 Å². The summed E-state index contributed by atoms with van der Waals surface area (Å²) < 4.78 is 5.23. The standard InChI is InChI=1S/C19H22N4O2/c1-3-16-21-19(22-25-16)15-8-5-9-23(15)17(24)10-13-11-20-18-12(2)6-4-7-14(13)18/h4,6-7,11,15,20H,3,5,8-10H2,1-2H3/t15-/m1/s1. The third kappa shape index (κ3) is 2.81. The second-order valence-corrected chi connectivity index (χ2v) is 6.63. The number of aromatic nitrogens is 3. The molecule has 2 aromatic heterocycles. The molecule has 0 spiro atoms. The number of para-hydroxylation sites is 1. The SMILES string of the molecule is CCc1nc([C@H]2CCCN2C(=O)Cc2c[nH]c3c(C)cccc23)no1. The van der Waals surface area contributed by atoms with Gasteiger partial charge in [-0.05, 0) is 30.9 Å². The molecule has 6 nitrogen and oxygen atoms in total. The zero-order chi connectivity index (χ0) is 17.4. The average molecular weight is 338 g/mol. The molecular weight excluding hydrogens is 316 g/mol. The summed E-state index contributed by atoms with van der Waals surface area (Å²) in [5, 5.41) is 5.20. The van der Waals surface area contributed by atoms with E-state index in [2.05, 4.69) is 34.2 Å². The van der Waals surface area contributed by atoms with Gasteiger partial charge in [0.25, 0.3) is 0 Å². The van der Waals surface area contributed by atoms with Crippen molar-refractivity contribution in [3.05, 3.63) is 47.2 Å². The van der Waals surface area contributed by atoms with E-state index in [0.717, 1.165) is 35.9 Å². The fourth-order valence-electron chi connectivity index (χ4n) is 3.66. The number of H-pyrrole nitrogens is 1. The first-order chi connectivity index (χ1) is 12.2. The van der Waals surface area contributed by atoms with Crippen molar-refractivity contribution in [1.29, 1.82) is 0 Å². The molecule has 0 bridgehead atoms. The minimum absolute atomic E-state index is 0.0662. The predicted molar refractivity (Wildman–Crippen MR) is 94.1 cm³/mol. The van der Waals surface area contributed by atoms with Gasteiger partial charge in [-0.1, -0.05) is 30.3 Å². The van der Waals surface area contributed by atoms with Crippen LogP contribution in [0.3, 0.4) is 0 Å². The van der Waals surface area contributed by atoms with Gasteiger partial charge in [0, 0.05) is 30.1 Å². The number of hydrogen-bond acceptors (Lipinski definition) is 4. The topological polar surface area (TPSA) is 75.0 Å². The molecule has 0 radical (unpaired) electrons. The molecule has 1 aromatic carbocycles. The van der Waals surface area contributed by atoms with Crippen molar-refractivity contribution >= 4 is 16.8 Å². The molecule has 25 heavy (non-hydrogen) atoms. The maximum atomic E-state index is 12.9. The molecular formula is C19H22N4O2. The minimum Gasteiger partial charge on any atom is -0.361 e. The van der Waals surface area contributed by atoms with Crippen LogP contribution in [0.2, 0.25) is 0 Å². The normalized spacial score (nSPS) is 17.5. The van der Waals surface area contributed by atoms with Crippen LogP contribution in [0.25, 0.3) is 10.9 Å². The first-order valence-corrected chi connectivity index (χ1v) is 8.85. The first-order valence-electron chi connectivity index (χ1n) is 8.85. The van der Waals surface area contributed by atoms with Crippen LogP contribution in [0.5, 0.6) is 0 Å². The summed E-state index contributed by atoms with van der Waals surface area (Å²) in [5.41, 5.74) is 3.33. The Bertz CT molecular complexity index is 911. The van der Waals surface area contributed by atoms with Crippen LogP contribution >= 0.6 is 0 Å². The van der Waals surface area contributed by atoms with Crippen molar-refractivity contribution in [1.82, 2.24) is 20.0 Å². The van der Waals surface area contributed by atoms with Gasteiger partial charge in [0.05, 0.1) is 12.5 Å². The van der Waals surface area contributed by atoms with Crippen molar-refractivity contribution in [2.75, 3.05) is 6.54 Å². The van der Waals surface area contributed by atoms with Gasteiger partial charge in [-0.2, -0.15) is 4.98 Å². The summed E-state index contributed by atoms with van der Waals surface area (Å²) in [6, 6.07) is 6.10. The number of nitrogens with one attached hydrogen (secondary N) is 1. The van der Waals surface area contributed by atoms with Crippen LogP contribution in [0, 0.1) is 6.92 Å². The molecule has 1 aliphatic rings. The van der Waals surface area contributed by atoms with Gasteiger partial charge in [-0.25, -0.2) is 0 Å². The fourth-order valence-corrected chi connectivity index (χ4v) is 3.66. The molecule has 1 atom stereocenters. The van der Waals surface area contributed by atoms with Gasteiger partial charge in [-0.3, -0.25) is 4.79 Å². The molecule has 0 saturated carbocycles. The summed E-state index contributed by atoms with van der Waals surface area (Å²) in [5.74, 6) is 1.38. The summed E-state index contributed by atoms with van der Waals surface area (Å²) >= 11 is 0. The molecule has 3 heterocycles. The van der Waals surface area contributed by atoms with Gasteiger partial charge in [-0.15, -0.1) is 0 Å². The number of carbonyl (C=O) groups is 1. The van der Waals surface area contributed by atoms with Crippen LogP contribution in [0.4, 0.5) is 0 Å². The highest BCUT2D eigenvalue weighted by molar-refractivity contribution is 5.90. The molecule has 4 rings (SSSR count). The number of hydrogen-bond donors (Lipinski definition) is 1. The second-order valence-electron chi connectivity index (χ2n) is 6.63. The zero-order valence-corrected chi connectivity index (χ0v) is 14.6. The number of rotatable bonds is 4. The molecule has 1 saturated heterocycles. The van der Waals surface area contributed by atoms with Crippen molar-refractivity contribution in [2.24, 2.45) is 0 Å². The van der Waals surface area contributed by atoms with E-state index >= 15 is 0 Å². The van der Waals surface area contributed by atoms with Crippen LogP contribution in [-0.2, 0) is 17.6 Å². The highest BCUT2D eigenvalue weighted by Crippen LogP contribution is 2.31. The number of benzene rings is 1. The smallest absolute Gasteiger partial charge is 0.227 e. The van der Waals surface area contributed by atoms with Gasteiger partial charge in [0.1, 0.15) is 0 Å². The van der Waals surface area contributed by atoms with E-state index in [-0.39, 0.29) is 11.9 Å². The lowest BCUT2D eigenvalue weighted by Gasteiger charge is -2.22. The quantitative estimate of drug-likeness (QED) is 0.792. The fraction of sp³-hybridized carbons (Fsp3) is 0.421. The van der Waals surface area contributed by atoms with Crippen LogP contribution < -0.4 is 0 Å². The maximum absolute atomic E-state index is 12.9. The molecule has 0 unspecified atom stereocenters. The van der Waals surface area contributed by atoms with E-state index in [9.17, 15) is 4.79 Å². The minimum atomic E-state index is -0.0662. The molecule has 1 fully saturated rings. The van der Waals surface area contributed by atoms with E-state index in [1.807, 2.05) is 24.1 Å². The first kappa shape index (κ1) is 15.9. The Morgan fingerprint density at radius 3 is 3.12 bits per heavy atom. The van der Waals surface area contributed by atoms with Crippen molar-refractivity contribution < 1.29 is 9.32 Å².